The number of ether oxygens (including phenoxy) is 1. The molecule has 20 heavy (non-hydrogen) atoms. The third-order valence-electron chi connectivity index (χ3n) is 4.02. The topological polar surface area (TPSA) is 66.8 Å². The number of fused-ring (bicyclic) bond motifs is 1. The first-order chi connectivity index (χ1) is 9.58. The van der Waals surface area contributed by atoms with Crippen LogP contribution in [0.1, 0.15) is 25.3 Å². The van der Waals surface area contributed by atoms with Gasteiger partial charge in [0.15, 0.2) is 6.10 Å². The summed E-state index contributed by atoms with van der Waals surface area (Å²) in [5.41, 5.74) is 2.08. The van der Waals surface area contributed by atoms with Crippen LogP contribution >= 0.6 is 0 Å². The number of carbonyl (C=O) groups is 2. The highest BCUT2D eigenvalue weighted by Crippen LogP contribution is 2.34. The van der Waals surface area contributed by atoms with E-state index in [0.717, 1.165) is 17.7 Å². The van der Waals surface area contributed by atoms with E-state index in [2.05, 4.69) is 0 Å². The summed E-state index contributed by atoms with van der Waals surface area (Å²) >= 11 is 0. The molecule has 0 aromatic heterocycles. The summed E-state index contributed by atoms with van der Waals surface area (Å²) in [5.74, 6) is -1.11. The van der Waals surface area contributed by atoms with E-state index in [4.69, 9.17) is 9.84 Å². The zero-order valence-electron chi connectivity index (χ0n) is 11.3. The van der Waals surface area contributed by atoms with E-state index in [1.54, 1.807) is 4.90 Å². The van der Waals surface area contributed by atoms with Crippen LogP contribution in [-0.2, 0) is 20.7 Å². The number of aliphatic carboxylic acids is 1. The third-order valence-corrected chi connectivity index (χ3v) is 4.02. The van der Waals surface area contributed by atoms with Gasteiger partial charge in [0.25, 0.3) is 5.91 Å². The molecular formula is C15H17NO4. The molecule has 3 atom stereocenters. The van der Waals surface area contributed by atoms with Crippen molar-refractivity contribution in [3.8, 4) is 0 Å². The van der Waals surface area contributed by atoms with Gasteiger partial charge >= 0.3 is 5.97 Å². The van der Waals surface area contributed by atoms with E-state index in [-0.39, 0.29) is 11.9 Å². The molecule has 5 nitrogen and oxygen atoms in total. The molecule has 1 aromatic rings. The Kier molecular flexibility index (Phi) is 3.22. The van der Waals surface area contributed by atoms with E-state index in [0.29, 0.717) is 12.8 Å². The lowest BCUT2D eigenvalue weighted by atomic mass is 10.1. The van der Waals surface area contributed by atoms with Crippen molar-refractivity contribution in [1.29, 1.82) is 0 Å². The second-order valence-corrected chi connectivity index (χ2v) is 5.42. The van der Waals surface area contributed by atoms with Crippen molar-refractivity contribution in [2.45, 2.75) is 44.4 Å². The van der Waals surface area contributed by atoms with Crippen molar-refractivity contribution in [2.75, 3.05) is 4.90 Å². The number of benzene rings is 1. The average molecular weight is 275 g/mol. The molecule has 2 heterocycles. The molecule has 3 unspecified atom stereocenters. The monoisotopic (exact) mass is 275 g/mol. The van der Waals surface area contributed by atoms with Crippen LogP contribution in [0.5, 0.6) is 0 Å². The standard InChI is InChI=1S/C15H17NO4/c1-9-8-10-4-2-3-5-11(10)16(9)14(17)12-6-7-13(20-12)15(18)19/h2-5,9,12-13H,6-8H2,1H3,(H,18,19). The van der Waals surface area contributed by atoms with Gasteiger partial charge in [-0.3, -0.25) is 4.79 Å². The predicted octanol–water partition coefficient (Wildman–Crippen LogP) is 1.60. The molecule has 2 aliphatic rings. The maximum atomic E-state index is 12.6. The average Bonchev–Trinajstić information content (AvgIpc) is 3.01. The highest BCUT2D eigenvalue weighted by Gasteiger charge is 2.40. The Morgan fingerprint density at radius 1 is 1.25 bits per heavy atom. The first-order valence-corrected chi connectivity index (χ1v) is 6.87. The highest BCUT2D eigenvalue weighted by atomic mass is 16.5. The fraction of sp³-hybridized carbons (Fsp3) is 0.467. The van der Waals surface area contributed by atoms with Crippen molar-refractivity contribution >= 4 is 17.6 Å². The van der Waals surface area contributed by atoms with Crippen LogP contribution in [0.4, 0.5) is 5.69 Å². The smallest absolute Gasteiger partial charge is 0.332 e. The van der Waals surface area contributed by atoms with Crippen LogP contribution in [0.2, 0.25) is 0 Å². The lowest BCUT2D eigenvalue weighted by molar-refractivity contribution is -0.151. The maximum Gasteiger partial charge on any atom is 0.332 e. The van der Waals surface area contributed by atoms with Gasteiger partial charge in [-0.15, -0.1) is 0 Å². The summed E-state index contributed by atoms with van der Waals surface area (Å²) < 4.78 is 5.37. The minimum atomic E-state index is -0.991. The Hall–Kier alpha value is -1.88. The van der Waals surface area contributed by atoms with Crippen molar-refractivity contribution < 1.29 is 19.4 Å². The lowest BCUT2D eigenvalue weighted by Gasteiger charge is -2.25. The molecule has 1 fully saturated rings. The number of hydrogen-bond acceptors (Lipinski definition) is 3. The minimum Gasteiger partial charge on any atom is -0.479 e. The molecule has 106 valence electrons. The van der Waals surface area contributed by atoms with Crippen LogP contribution in [0.3, 0.4) is 0 Å². The largest absolute Gasteiger partial charge is 0.479 e. The van der Waals surface area contributed by atoms with E-state index >= 15 is 0 Å². The van der Waals surface area contributed by atoms with Crippen molar-refractivity contribution in [3.63, 3.8) is 0 Å². The Morgan fingerprint density at radius 3 is 2.65 bits per heavy atom. The zero-order chi connectivity index (χ0) is 14.3. The van der Waals surface area contributed by atoms with Crippen LogP contribution < -0.4 is 4.90 Å². The van der Waals surface area contributed by atoms with Crippen molar-refractivity contribution in [1.82, 2.24) is 0 Å². The SMILES string of the molecule is CC1Cc2ccccc2N1C(=O)C1CCC(C(=O)O)O1. The van der Waals surface area contributed by atoms with Gasteiger partial charge in [0.1, 0.15) is 6.10 Å². The first-order valence-electron chi connectivity index (χ1n) is 6.87. The van der Waals surface area contributed by atoms with Gasteiger partial charge in [-0.25, -0.2) is 4.79 Å². The van der Waals surface area contributed by atoms with Crippen LogP contribution in [0, 0.1) is 0 Å². The highest BCUT2D eigenvalue weighted by molar-refractivity contribution is 5.99. The van der Waals surface area contributed by atoms with Crippen LogP contribution in [-0.4, -0.2) is 35.2 Å². The second kappa shape index (κ2) is 4.90. The lowest BCUT2D eigenvalue weighted by Crippen LogP contribution is -2.43. The van der Waals surface area contributed by atoms with E-state index in [9.17, 15) is 9.59 Å². The molecule has 2 aliphatic heterocycles. The number of carbonyl (C=O) groups excluding carboxylic acids is 1. The quantitative estimate of drug-likeness (QED) is 0.890. The van der Waals surface area contributed by atoms with Gasteiger partial charge in [-0.05, 0) is 37.8 Å². The molecular weight excluding hydrogens is 258 g/mol. The molecule has 5 heteroatoms. The molecule has 0 saturated carbocycles. The number of carboxylic acids is 1. The molecule has 1 amide bonds. The number of nitrogens with zero attached hydrogens (tertiary/aromatic N) is 1. The van der Waals surface area contributed by atoms with E-state index in [1.165, 1.54) is 0 Å². The summed E-state index contributed by atoms with van der Waals surface area (Å²) in [6.07, 6.45) is 0.218. The second-order valence-electron chi connectivity index (χ2n) is 5.42. The molecule has 1 aromatic carbocycles. The number of amides is 1. The number of hydrogen-bond donors (Lipinski definition) is 1. The van der Waals surface area contributed by atoms with Crippen LogP contribution in [0.25, 0.3) is 0 Å². The van der Waals surface area contributed by atoms with Crippen molar-refractivity contribution in [2.24, 2.45) is 0 Å². The number of carboxylic acid groups (broad SMARTS) is 1. The Bertz CT molecular complexity index is 557. The Balaban J connectivity index is 1.80. The maximum absolute atomic E-state index is 12.6. The Morgan fingerprint density at radius 2 is 1.95 bits per heavy atom. The summed E-state index contributed by atoms with van der Waals surface area (Å²) in [7, 11) is 0. The molecule has 1 saturated heterocycles. The first kappa shape index (κ1) is 13.1. The van der Waals surface area contributed by atoms with Gasteiger partial charge in [0.2, 0.25) is 0 Å². The minimum absolute atomic E-state index is 0.0902. The zero-order valence-corrected chi connectivity index (χ0v) is 11.3. The number of para-hydroxylation sites is 1. The fourth-order valence-corrected chi connectivity index (χ4v) is 3.06. The normalized spacial score (nSPS) is 28.4. The fourth-order valence-electron chi connectivity index (χ4n) is 3.06. The molecule has 3 rings (SSSR count). The molecule has 1 N–H and O–H groups in total. The molecule has 0 bridgehead atoms. The molecule has 0 spiro atoms. The van der Waals surface area contributed by atoms with Gasteiger partial charge in [0, 0.05) is 11.7 Å². The molecule has 0 radical (unpaired) electrons. The third kappa shape index (κ3) is 2.08. The van der Waals surface area contributed by atoms with Gasteiger partial charge < -0.3 is 14.7 Å². The summed E-state index contributed by atoms with van der Waals surface area (Å²) in [6, 6.07) is 7.92. The Labute approximate surface area is 117 Å². The predicted molar refractivity (Wildman–Crippen MR) is 72.6 cm³/mol. The van der Waals surface area contributed by atoms with Crippen LogP contribution in [0.15, 0.2) is 24.3 Å². The van der Waals surface area contributed by atoms with Gasteiger partial charge in [-0.1, -0.05) is 18.2 Å². The number of rotatable bonds is 2. The number of anilines is 1. The molecule has 0 aliphatic carbocycles. The van der Waals surface area contributed by atoms with Crippen molar-refractivity contribution in [3.05, 3.63) is 29.8 Å². The van der Waals surface area contributed by atoms with E-state index in [1.807, 2.05) is 31.2 Å². The van der Waals surface area contributed by atoms with E-state index < -0.39 is 18.2 Å². The van der Waals surface area contributed by atoms with Gasteiger partial charge in [-0.2, -0.15) is 0 Å². The summed E-state index contributed by atoms with van der Waals surface area (Å²) in [4.78, 5) is 25.3. The van der Waals surface area contributed by atoms with Gasteiger partial charge in [0.05, 0.1) is 0 Å². The summed E-state index contributed by atoms with van der Waals surface area (Å²) in [5, 5.41) is 8.94. The summed E-state index contributed by atoms with van der Waals surface area (Å²) in [6.45, 7) is 2.00.